The highest BCUT2D eigenvalue weighted by molar-refractivity contribution is 5.68. The van der Waals surface area contributed by atoms with Crippen molar-refractivity contribution < 1.29 is 9.53 Å². The Morgan fingerprint density at radius 3 is 2.66 bits per heavy atom. The summed E-state index contributed by atoms with van der Waals surface area (Å²) in [6, 6.07) is 9.15. The predicted octanol–water partition coefficient (Wildman–Crippen LogP) is 4.70. The SMILES string of the molecule is CC(C)(C)OC(=O)N1CCC[C@H]1CCN1CCC(C2CNc3ccccc32)CC1. The molecule has 2 saturated heterocycles. The summed E-state index contributed by atoms with van der Waals surface area (Å²) in [5, 5.41) is 3.59. The lowest BCUT2D eigenvalue weighted by Gasteiger charge is -2.36. The van der Waals surface area contributed by atoms with Crippen molar-refractivity contribution in [2.24, 2.45) is 5.92 Å². The molecule has 0 spiro atoms. The van der Waals surface area contributed by atoms with E-state index in [-0.39, 0.29) is 6.09 Å². The molecular weight excluding hydrogens is 362 g/mol. The Morgan fingerprint density at radius 2 is 1.90 bits per heavy atom. The molecule has 5 heteroatoms. The standard InChI is InChI=1S/C24H37N3O2/c1-24(2,3)29-23(28)27-13-6-7-19(27)12-16-26-14-10-18(11-15-26)21-17-25-22-9-5-4-8-20(21)22/h4-5,8-9,18-19,21,25H,6-7,10-17H2,1-3H3/t19-,21?/m0/s1. The van der Waals surface area contributed by atoms with Gasteiger partial charge in [0.25, 0.3) is 0 Å². The first-order chi connectivity index (χ1) is 13.9. The number of amides is 1. The molecule has 1 aromatic carbocycles. The molecule has 5 nitrogen and oxygen atoms in total. The molecule has 3 heterocycles. The molecule has 0 saturated carbocycles. The zero-order valence-electron chi connectivity index (χ0n) is 18.3. The van der Waals surface area contributed by atoms with E-state index in [1.165, 1.54) is 37.2 Å². The van der Waals surface area contributed by atoms with E-state index in [1.54, 1.807) is 0 Å². The van der Waals surface area contributed by atoms with Crippen molar-refractivity contribution >= 4 is 11.8 Å². The van der Waals surface area contributed by atoms with Gasteiger partial charge in [0.05, 0.1) is 0 Å². The molecule has 0 aliphatic carbocycles. The fraction of sp³-hybridized carbons (Fsp3) is 0.708. The third-order valence-corrected chi connectivity index (χ3v) is 6.86. The van der Waals surface area contributed by atoms with Gasteiger partial charge in [-0.1, -0.05) is 18.2 Å². The molecule has 4 rings (SSSR count). The van der Waals surface area contributed by atoms with Gasteiger partial charge in [-0.15, -0.1) is 0 Å². The van der Waals surface area contributed by atoms with E-state index >= 15 is 0 Å². The maximum Gasteiger partial charge on any atom is 0.410 e. The Kier molecular flexibility index (Phi) is 6.05. The lowest BCUT2D eigenvalue weighted by Crippen LogP contribution is -2.42. The van der Waals surface area contributed by atoms with Crippen molar-refractivity contribution in [2.75, 3.05) is 38.0 Å². The number of anilines is 1. The maximum absolute atomic E-state index is 12.5. The number of para-hydroxylation sites is 1. The summed E-state index contributed by atoms with van der Waals surface area (Å²) in [4.78, 5) is 17.1. The number of likely N-dealkylation sites (tertiary alicyclic amines) is 2. The fourth-order valence-electron chi connectivity index (χ4n) is 5.34. The van der Waals surface area contributed by atoms with Crippen LogP contribution >= 0.6 is 0 Å². The minimum atomic E-state index is -0.417. The molecular formula is C24H37N3O2. The Labute approximate surface area is 175 Å². The van der Waals surface area contributed by atoms with E-state index in [0.717, 1.165) is 44.8 Å². The second-order valence-electron chi connectivity index (χ2n) is 10.0. The van der Waals surface area contributed by atoms with Crippen molar-refractivity contribution in [1.29, 1.82) is 0 Å². The number of ether oxygens (including phenoxy) is 1. The number of hydrogen-bond acceptors (Lipinski definition) is 4. The number of piperidine rings is 1. The molecule has 0 aromatic heterocycles. The Bertz CT molecular complexity index is 706. The molecule has 3 aliphatic heterocycles. The van der Waals surface area contributed by atoms with Crippen LogP contribution < -0.4 is 5.32 Å². The minimum Gasteiger partial charge on any atom is -0.444 e. The third kappa shape index (κ3) is 4.88. The summed E-state index contributed by atoms with van der Waals surface area (Å²) in [5.41, 5.74) is 2.44. The topological polar surface area (TPSA) is 44.8 Å². The Morgan fingerprint density at radius 1 is 1.14 bits per heavy atom. The molecule has 0 radical (unpaired) electrons. The van der Waals surface area contributed by atoms with Crippen LogP contribution in [0.2, 0.25) is 0 Å². The summed E-state index contributed by atoms with van der Waals surface area (Å²) >= 11 is 0. The van der Waals surface area contributed by atoms with Crippen LogP contribution in [0, 0.1) is 5.92 Å². The molecule has 1 N–H and O–H groups in total. The lowest BCUT2D eigenvalue weighted by molar-refractivity contribution is 0.0209. The second-order valence-corrected chi connectivity index (χ2v) is 10.0. The van der Waals surface area contributed by atoms with E-state index in [9.17, 15) is 4.79 Å². The summed E-state index contributed by atoms with van der Waals surface area (Å²) in [5.74, 6) is 1.46. The van der Waals surface area contributed by atoms with E-state index in [2.05, 4.69) is 34.5 Å². The highest BCUT2D eigenvalue weighted by Gasteiger charge is 2.34. The normalized spacial score (nSPS) is 25.7. The van der Waals surface area contributed by atoms with Crippen LogP contribution in [0.4, 0.5) is 10.5 Å². The van der Waals surface area contributed by atoms with Crippen LogP contribution in [-0.2, 0) is 4.74 Å². The number of nitrogens with zero attached hydrogens (tertiary/aromatic N) is 2. The van der Waals surface area contributed by atoms with Gasteiger partial charge >= 0.3 is 6.09 Å². The van der Waals surface area contributed by atoms with Crippen LogP contribution in [0.3, 0.4) is 0 Å². The third-order valence-electron chi connectivity index (χ3n) is 6.86. The lowest BCUT2D eigenvalue weighted by atomic mass is 9.81. The van der Waals surface area contributed by atoms with Crippen molar-refractivity contribution in [3.63, 3.8) is 0 Å². The van der Waals surface area contributed by atoms with Gasteiger partial charge in [0.1, 0.15) is 5.60 Å². The molecule has 2 fully saturated rings. The van der Waals surface area contributed by atoms with Gasteiger partial charge in [-0.3, -0.25) is 0 Å². The van der Waals surface area contributed by atoms with Gasteiger partial charge in [-0.25, -0.2) is 4.79 Å². The largest absolute Gasteiger partial charge is 0.444 e. The smallest absolute Gasteiger partial charge is 0.410 e. The highest BCUT2D eigenvalue weighted by atomic mass is 16.6. The van der Waals surface area contributed by atoms with Crippen LogP contribution in [0.15, 0.2) is 24.3 Å². The molecule has 29 heavy (non-hydrogen) atoms. The number of rotatable bonds is 4. The second kappa shape index (κ2) is 8.55. The highest BCUT2D eigenvalue weighted by Crippen LogP contribution is 2.40. The van der Waals surface area contributed by atoms with Crippen molar-refractivity contribution in [3.8, 4) is 0 Å². The molecule has 160 valence electrons. The molecule has 1 aromatic rings. The minimum absolute atomic E-state index is 0.133. The molecule has 1 unspecified atom stereocenters. The van der Waals surface area contributed by atoms with Gasteiger partial charge in [0, 0.05) is 37.3 Å². The van der Waals surface area contributed by atoms with Crippen LogP contribution in [0.5, 0.6) is 0 Å². The molecule has 3 aliphatic rings. The summed E-state index contributed by atoms with van der Waals surface area (Å²) in [7, 11) is 0. The fourth-order valence-corrected chi connectivity index (χ4v) is 5.34. The summed E-state index contributed by atoms with van der Waals surface area (Å²) in [6.45, 7) is 11.2. The van der Waals surface area contributed by atoms with E-state index in [4.69, 9.17) is 4.74 Å². The number of fused-ring (bicyclic) bond motifs is 1. The zero-order chi connectivity index (χ0) is 20.4. The van der Waals surface area contributed by atoms with Gasteiger partial charge < -0.3 is 19.9 Å². The summed E-state index contributed by atoms with van der Waals surface area (Å²) < 4.78 is 5.61. The molecule has 2 atom stereocenters. The molecule has 1 amide bonds. The van der Waals surface area contributed by atoms with Crippen molar-refractivity contribution in [2.45, 2.75) is 70.4 Å². The summed E-state index contributed by atoms with van der Waals surface area (Å²) in [6.07, 6.45) is 5.70. The van der Waals surface area contributed by atoms with Gasteiger partial charge in [0.2, 0.25) is 0 Å². The number of benzene rings is 1. The van der Waals surface area contributed by atoms with Crippen molar-refractivity contribution in [1.82, 2.24) is 9.80 Å². The first-order valence-corrected chi connectivity index (χ1v) is 11.5. The number of carbonyl (C=O) groups is 1. The monoisotopic (exact) mass is 399 g/mol. The van der Waals surface area contributed by atoms with E-state index in [0.29, 0.717) is 12.0 Å². The van der Waals surface area contributed by atoms with Gasteiger partial charge in [-0.2, -0.15) is 0 Å². The van der Waals surface area contributed by atoms with E-state index in [1.807, 2.05) is 25.7 Å². The molecule has 0 bridgehead atoms. The Balaban J connectivity index is 1.24. The average Bonchev–Trinajstić information content (AvgIpc) is 3.32. The van der Waals surface area contributed by atoms with Crippen molar-refractivity contribution in [3.05, 3.63) is 29.8 Å². The van der Waals surface area contributed by atoms with E-state index < -0.39 is 5.60 Å². The number of nitrogens with one attached hydrogen (secondary N) is 1. The van der Waals surface area contributed by atoms with Gasteiger partial charge in [-0.05, 0) is 83.5 Å². The first-order valence-electron chi connectivity index (χ1n) is 11.5. The van der Waals surface area contributed by atoms with Crippen LogP contribution in [0.25, 0.3) is 0 Å². The zero-order valence-corrected chi connectivity index (χ0v) is 18.3. The first kappa shape index (κ1) is 20.5. The Hall–Kier alpha value is -1.75. The number of hydrogen-bond donors (Lipinski definition) is 1. The van der Waals surface area contributed by atoms with Gasteiger partial charge in [0.15, 0.2) is 0 Å². The maximum atomic E-state index is 12.5. The predicted molar refractivity (Wildman–Crippen MR) is 117 cm³/mol. The van der Waals surface area contributed by atoms with Crippen LogP contribution in [-0.4, -0.2) is 60.3 Å². The van der Waals surface area contributed by atoms with Crippen LogP contribution in [0.1, 0.15) is 64.4 Å². The number of carbonyl (C=O) groups excluding carboxylic acids is 1. The average molecular weight is 400 g/mol. The quantitative estimate of drug-likeness (QED) is 0.797.